The van der Waals surface area contributed by atoms with Gasteiger partial charge in [0.1, 0.15) is 17.2 Å². The summed E-state index contributed by atoms with van der Waals surface area (Å²) >= 11 is 0. The van der Waals surface area contributed by atoms with E-state index in [9.17, 15) is 13.6 Å². The van der Waals surface area contributed by atoms with E-state index in [-0.39, 0.29) is 6.42 Å². The molecule has 1 unspecified atom stereocenters. The van der Waals surface area contributed by atoms with E-state index in [2.05, 4.69) is 5.32 Å². The Morgan fingerprint density at radius 1 is 1.47 bits per heavy atom. The molecule has 5 heteroatoms. The molecule has 0 aromatic heterocycles. The van der Waals surface area contributed by atoms with Crippen molar-refractivity contribution in [1.82, 2.24) is 5.32 Å². The summed E-state index contributed by atoms with van der Waals surface area (Å²) < 4.78 is 26.6. The molecule has 0 radical (unpaired) electrons. The molecule has 3 nitrogen and oxygen atoms in total. The number of benzene rings is 1. The Bertz CT molecular complexity index is 434. The van der Waals surface area contributed by atoms with Gasteiger partial charge < -0.3 is 5.32 Å². The van der Waals surface area contributed by atoms with Gasteiger partial charge in [-0.15, -0.1) is 0 Å². The van der Waals surface area contributed by atoms with Crippen molar-refractivity contribution in [3.05, 3.63) is 35.4 Å². The maximum absolute atomic E-state index is 13.3. The van der Waals surface area contributed by atoms with Crippen molar-refractivity contribution < 1.29 is 13.6 Å². The van der Waals surface area contributed by atoms with Crippen LogP contribution in [-0.2, 0) is 0 Å². The van der Waals surface area contributed by atoms with Gasteiger partial charge in [-0.1, -0.05) is 13.0 Å². The van der Waals surface area contributed by atoms with Crippen LogP contribution < -0.4 is 5.32 Å². The lowest BCUT2D eigenvalue weighted by Gasteiger charge is -2.14. The minimum absolute atomic E-state index is 0.109. The van der Waals surface area contributed by atoms with Crippen molar-refractivity contribution >= 4 is 5.91 Å². The maximum Gasteiger partial charge on any atom is 0.257 e. The molecule has 0 bridgehead atoms. The minimum atomic E-state index is -0.908. The molecular weight excluding hydrogens is 226 g/mol. The Labute approximate surface area is 98.1 Å². The smallest absolute Gasteiger partial charge is 0.257 e. The van der Waals surface area contributed by atoms with Gasteiger partial charge in [-0.05, 0) is 18.6 Å². The van der Waals surface area contributed by atoms with Gasteiger partial charge in [-0.25, -0.2) is 8.78 Å². The highest BCUT2D eigenvalue weighted by molar-refractivity contribution is 5.94. The van der Waals surface area contributed by atoms with E-state index >= 15 is 0 Å². The normalized spacial score (nSPS) is 11.6. The summed E-state index contributed by atoms with van der Waals surface area (Å²) in [5.74, 6) is -2.65. The topological polar surface area (TPSA) is 52.9 Å². The quantitative estimate of drug-likeness (QED) is 0.875. The molecule has 90 valence electrons. The highest BCUT2D eigenvalue weighted by atomic mass is 19.1. The van der Waals surface area contributed by atoms with Gasteiger partial charge in [0.15, 0.2) is 0 Å². The van der Waals surface area contributed by atoms with Crippen LogP contribution in [0.15, 0.2) is 18.2 Å². The van der Waals surface area contributed by atoms with Crippen LogP contribution in [0.25, 0.3) is 0 Å². The van der Waals surface area contributed by atoms with Crippen molar-refractivity contribution in [2.45, 2.75) is 25.8 Å². The molecule has 1 aromatic carbocycles. The molecule has 0 fully saturated rings. The van der Waals surface area contributed by atoms with Crippen molar-refractivity contribution in [1.29, 1.82) is 5.26 Å². The lowest BCUT2D eigenvalue weighted by molar-refractivity contribution is 0.0928. The largest absolute Gasteiger partial charge is 0.348 e. The zero-order valence-electron chi connectivity index (χ0n) is 9.34. The van der Waals surface area contributed by atoms with Crippen molar-refractivity contribution in [2.24, 2.45) is 0 Å². The minimum Gasteiger partial charge on any atom is -0.348 e. The Morgan fingerprint density at radius 3 is 2.53 bits per heavy atom. The van der Waals surface area contributed by atoms with Crippen molar-refractivity contribution in [3.8, 4) is 6.07 Å². The predicted molar refractivity (Wildman–Crippen MR) is 58.1 cm³/mol. The molecule has 1 atom stereocenters. The lowest BCUT2D eigenvalue weighted by Crippen LogP contribution is -2.35. The Balaban J connectivity index is 2.87. The summed E-state index contributed by atoms with van der Waals surface area (Å²) in [7, 11) is 0. The number of hydrogen-bond acceptors (Lipinski definition) is 2. The third-order valence-electron chi connectivity index (χ3n) is 2.36. The standard InChI is InChI=1S/C12H12F2N2O/c1-2-8(6-7-15)16-12(17)11-9(13)4-3-5-10(11)14/h3-5,8H,2,6H2,1H3,(H,16,17). The average Bonchev–Trinajstić information content (AvgIpc) is 2.28. The maximum atomic E-state index is 13.3. The number of amides is 1. The number of carbonyl (C=O) groups excluding carboxylic acids is 1. The van der Waals surface area contributed by atoms with Crippen LogP contribution in [0.1, 0.15) is 30.1 Å². The highest BCUT2D eigenvalue weighted by Crippen LogP contribution is 2.12. The molecule has 1 amide bonds. The zero-order chi connectivity index (χ0) is 12.8. The van der Waals surface area contributed by atoms with Gasteiger partial charge in [0.05, 0.1) is 12.5 Å². The second-order valence-corrected chi connectivity index (χ2v) is 3.54. The summed E-state index contributed by atoms with van der Waals surface area (Å²) in [5, 5.41) is 10.9. The van der Waals surface area contributed by atoms with Gasteiger partial charge >= 0.3 is 0 Å². The molecule has 0 spiro atoms. The van der Waals surface area contributed by atoms with Crippen LogP contribution in [0.3, 0.4) is 0 Å². The first-order valence-electron chi connectivity index (χ1n) is 5.22. The summed E-state index contributed by atoms with van der Waals surface area (Å²) in [6.07, 6.45) is 0.633. The Kier molecular flexibility index (Phi) is 4.58. The monoisotopic (exact) mass is 238 g/mol. The van der Waals surface area contributed by atoms with E-state index in [0.717, 1.165) is 12.1 Å². The van der Waals surface area contributed by atoms with E-state index in [1.165, 1.54) is 6.07 Å². The van der Waals surface area contributed by atoms with Crippen LogP contribution >= 0.6 is 0 Å². The summed E-state index contributed by atoms with van der Waals surface area (Å²) in [6, 6.07) is 4.73. The molecule has 1 rings (SSSR count). The first-order chi connectivity index (χ1) is 8.10. The number of nitrogens with zero attached hydrogens (tertiary/aromatic N) is 1. The number of halogens is 2. The van der Waals surface area contributed by atoms with Gasteiger partial charge in [0.2, 0.25) is 0 Å². The molecular formula is C12H12F2N2O. The molecule has 0 aliphatic rings. The van der Waals surface area contributed by atoms with E-state index in [4.69, 9.17) is 5.26 Å². The van der Waals surface area contributed by atoms with Crippen molar-refractivity contribution in [3.63, 3.8) is 0 Å². The molecule has 1 N–H and O–H groups in total. The fourth-order valence-corrected chi connectivity index (χ4v) is 1.38. The fourth-order valence-electron chi connectivity index (χ4n) is 1.38. The van der Waals surface area contributed by atoms with Crippen LogP contribution in [0.2, 0.25) is 0 Å². The SMILES string of the molecule is CCC(CC#N)NC(=O)c1c(F)cccc1F. The van der Waals surface area contributed by atoms with Gasteiger partial charge in [0.25, 0.3) is 5.91 Å². The number of rotatable bonds is 4. The number of hydrogen-bond donors (Lipinski definition) is 1. The number of carbonyl (C=O) groups is 1. The summed E-state index contributed by atoms with van der Waals surface area (Å²) in [4.78, 5) is 11.6. The van der Waals surface area contributed by atoms with Crippen LogP contribution in [0.4, 0.5) is 8.78 Å². The molecule has 0 saturated heterocycles. The lowest BCUT2D eigenvalue weighted by atomic mass is 10.1. The molecule has 17 heavy (non-hydrogen) atoms. The number of nitrogens with one attached hydrogen (secondary N) is 1. The van der Waals surface area contributed by atoms with Crippen LogP contribution in [0, 0.1) is 23.0 Å². The Morgan fingerprint density at radius 2 is 2.06 bits per heavy atom. The van der Waals surface area contributed by atoms with Crippen molar-refractivity contribution in [2.75, 3.05) is 0 Å². The molecule has 0 aliphatic carbocycles. The second-order valence-electron chi connectivity index (χ2n) is 3.54. The van der Waals surface area contributed by atoms with Crippen LogP contribution in [-0.4, -0.2) is 11.9 Å². The summed E-state index contributed by atoms with van der Waals surface area (Å²) in [6.45, 7) is 1.78. The fraction of sp³-hybridized carbons (Fsp3) is 0.333. The van der Waals surface area contributed by atoms with Gasteiger partial charge in [-0.3, -0.25) is 4.79 Å². The van der Waals surface area contributed by atoms with Crippen LogP contribution in [0.5, 0.6) is 0 Å². The third kappa shape index (κ3) is 3.25. The average molecular weight is 238 g/mol. The first-order valence-corrected chi connectivity index (χ1v) is 5.22. The Hall–Kier alpha value is -1.96. The first kappa shape index (κ1) is 13.1. The molecule has 0 aliphatic heterocycles. The molecule has 0 saturated carbocycles. The van der Waals surface area contributed by atoms with E-state index in [1.54, 1.807) is 6.92 Å². The van der Waals surface area contributed by atoms with E-state index < -0.39 is 29.1 Å². The zero-order valence-corrected chi connectivity index (χ0v) is 9.34. The predicted octanol–water partition coefficient (Wildman–Crippen LogP) is 2.39. The highest BCUT2D eigenvalue weighted by Gasteiger charge is 2.19. The molecule has 1 aromatic rings. The van der Waals surface area contributed by atoms with E-state index in [1.807, 2.05) is 6.07 Å². The van der Waals surface area contributed by atoms with Gasteiger partial charge in [-0.2, -0.15) is 5.26 Å². The molecule has 0 heterocycles. The van der Waals surface area contributed by atoms with Gasteiger partial charge in [0, 0.05) is 6.04 Å². The van der Waals surface area contributed by atoms with E-state index in [0.29, 0.717) is 6.42 Å². The number of nitriles is 1. The summed E-state index contributed by atoms with van der Waals surface area (Å²) in [5.41, 5.74) is -0.608. The second kappa shape index (κ2) is 5.94. The third-order valence-corrected chi connectivity index (χ3v) is 2.36.